The average Bonchev–Trinajstić information content (AvgIpc) is 3.50. The predicted octanol–water partition coefficient (Wildman–Crippen LogP) is -3.23. The van der Waals surface area contributed by atoms with Gasteiger partial charge < -0.3 is 70.0 Å². The minimum atomic E-state index is -2.68. The molecule has 7 fully saturated rings. The highest BCUT2D eigenvalue weighted by Gasteiger charge is 2.79. The number of Topliss-reactive ketones (excluding diaryl/α,β-unsaturated/α-hetero) is 1. The third-order valence-corrected chi connectivity index (χ3v) is 14.5. The molecule has 10 N–H and O–H groups in total. The van der Waals surface area contributed by atoms with E-state index >= 15 is 0 Å². The highest BCUT2D eigenvalue weighted by atomic mass is 16.7. The number of ketones is 1. The Hall–Kier alpha value is -0.890. The van der Waals surface area contributed by atoms with Crippen LogP contribution in [-0.2, 0) is 23.7 Å². The van der Waals surface area contributed by atoms with Gasteiger partial charge in [-0.3, -0.25) is 4.79 Å². The quantitative estimate of drug-likeness (QED) is 0.140. The molecule has 0 aromatic rings. The fourth-order valence-corrected chi connectivity index (χ4v) is 11.7. The molecule has 0 radical (unpaired) electrons. The first-order valence-electron chi connectivity index (χ1n) is 17.4. The Balaban J connectivity index is 1.14. The molecule has 0 aromatic carbocycles. The third-order valence-electron chi connectivity index (χ3n) is 14.5. The van der Waals surface area contributed by atoms with Crippen LogP contribution in [0.25, 0.3) is 0 Å². The van der Waals surface area contributed by atoms with Gasteiger partial charge in [-0.2, -0.15) is 0 Å². The molecule has 22 atom stereocenters. The molecule has 0 bridgehead atoms. The predicted molar refractivity (Wildman–Crippen MR) is 159 cm³/mol. The molecule has 274 valence electrons. The van der Waals surface area contributed by atoms with E-state index in [9.17, 15) is 55.9 Å². The molecule has 0 amide bonds. The molecule has 3 saturated heterocycles. The molecule has 3 aliphatic heterocycles. The lowest BCUT2D eigenvalue weighted by Gasteiger charge is -2.66. The van der Waals surface area contributed by atoms with E-state index in [-0.39, 0.29) is 42.8 Å². The lowest BCUT2D eigenvalue weighted by atomic mass is 9.40. The van der Waals surface area contributed by atoms with Gasteiger partial charge in [-0.15, -0.1) is 0 Å². The first-order chi connectivity index (χ1) is 22.4. The van der Waals surface area contributed by atoms with Gasteiger partial charge in [-0.05, 0) is 48.3 Å². The van der Waals surface area contributed by atoms with Gasteiger partial charge in [0, 0.05) is 23.7 Å². The van der Waals surface area contributed by atoms with Gasteiger partial charge in [0.15, 0.2) is 23.5 Å². The van der Waals surface area contributed by atoms with Gasteiger partial charge in [-0.1, -0.05) is 27.7 Å². The first kappa shape index (κ1) is 35.5. The molecule has 48 heavy (non-hydrogen) atoms. The molecular weight excluding hydrogens is 636 g/mol. The number of ether oxygens (including phenoxy) is 4. The van der Waals surface area contributed by atoms with E-state index in [0.29, 0.717) is 19.3 Å². The second kappa shape index (κ2) is 11.6. The van der Waals surface area contributed by atoms with E-state index < -0.39 is 114 Å². The molecule has 3 heterocycles. The monoisotopic (exact) mass is 688 g/mol. The van der Waals surface area contributed by atoms with E-state index in [1.165, 1.54) is 6.92 Å². The largest absolute Gasteiger partial charge is 0.394 e. The minimum absolute atomic E-state index is 0.0880. The van der Waals surface area contributed by atoms with Gasteiger partial charge in [0.1, 0.15) is 48.8 Å². The minimum Gasteiger partial charge on any atom is -0.394 e. The molecule has 0 unspecified atom stereocenters. The summed E-state index contributed by atoms with van der Waals surface area (Å²) < 4.78 is 25.1. The van der Waals surface area contributed by atoms with Crippen molar-refractivity contribution in [3.63, 3.8) is 0 Å². The van der Waals surface area contributed by atoms with Crippen LogP contribution < -0.4 is 0 Å². The summed E-state index contributed by atoms with van der Waals surface area (Å²) in [6, 6.07) is 0. The standard InChI is InChI=1S/C33H52O15/c1-11-10-45-32(8-16(11)46-29-25(40)22(37)20(35)17(9-34)47-29)12(2)19-15(48-32)7-14-18-13(5-6-30(14,19)3)31(4)26(41)23(38)24(39)28(43)33(31,44)27(42)21(18)36/h11-26,28-29,34-41,43-44H,5-10H2,1-4H3/t11-,12-,13-,14+,15-,16+,17+,18+,19-,20+,21-,22-,23+,24-,25+,26+,28-,29+,30-,31-,32+,33-/m0/s1. The zero-order chi connectivity index (χ0) is 35.0. The summed E-state index contributed by atoms with van der Waals surface area (Å²) in [7, 11) is 0. The summed E-state index contributed by atoms with van der Waals surface area (Å²) >= 11 is 0. The molecule has 4 aliphatic carbocycles. The number of fused-ring (bicyclic) bond motifs is 7. The number of hydrogen-bond donors (Lipinski definition) is 10. The number of rotatable bonds is 3. The third kappa shape index (κ3) is 4.35. The maximum atomic E-state index is 13.8. The number of carbonyl (C=O) groups excluding carboxylic acids is 1. The van der Waals surface area contributed by atoms with Crippen molar-refractivity contribution in [1.82, 2.24) is 0 Å². The topological polar surface area (TPSA) is 256 Å². The summed E-state index contributed by atoms with van der Waals surface area (Å²) in [4.78, 5) is 13.8. The number of aliphatic hydroxyl groups excluding tert-OH is 9. The van der Waals surface area contributed by atoms with Crippen LogP contribution in [0.1, 0.15) is 53.4 Å². The number of aliphatic hydroxyl groups is 10. The van der Waals surface area contributed by atoms with Gasteiger partial charge in [0.05, 0.1) is 31.5 Å². The van der Waals surface area contributed by atoms with Crippen molar-refractivity contribution in [2.24, 2.45) is 46.3 Å². The van der Waals surface area contributed by atoms with Gasteiger partial charge in [0.2, 0.25) is 0 Å². The normalized spacial score (nSPS) is 62.7. The molecule has 15 nitrogen and oxygen atoms in total. The lowest BCUT2D eigenvalue weighted by Crippen LogP contribution is -2.82. The fraction of sp³-hybridized carbons (Fsp3) is 0.970. The SMILES string of the molecule is C[C@H]1CO[C@]2(C[C@H]1O[C@@H]1O[C@H](CO)[C@@H](O)[C@H](O)[C@H]1O)O[C@H]1C[C@@H]3[C@@H]4[C@H](O)C(=O)[C@]5(O)[C@@H](O)[C@@H](O)[C@@H](O)[C@@H](O)[C@]5(C)[C@H]4CC[C@]3(C)[C@H]1[C@@H]2C. The summed E-state index contributed by atoms with van der Waals surface area (Å²) in [5.41, 5.74) is -4.90. The van der Waals surface area contributed by atoms with E-state index in [1.807, 2.05) is 13.8 Å². The highest BCUT2D eigenvalue weighted by molar-refractivity contribution is 5.94. The van der Waals surface area contributed by atoms with E-state index in [2.05, 4.69) is 6.92 Å². The van der Waals surface area contributed by atoms with Crippen LogP contribution >= 0.6 is 0 Å². The zero-order valence-corrected chi connectivity index (χ0v) is 27.6. The van der Waals surface area contributed by atoms with E-state index in [0.717, 1.165) is 0 Å². The maximum Gasteiger partial charge on any atom is 0.196 e. The summed E-state index contributed by atoms with van der Waals surface area (Å²) in [5.74, 6) is -4.30. The van der Waals surface area contributed by atoms with Crippen LogP contribution in [0.4, 0.5) is 0 Å². The Bertz CT molecular complexity index is 1270. The van der Waals surface area contributed by atoms with Crippen molar-refractivity contribution in [3.8, 4) is 0 Å². The fourth-order valence-electron chi connectivity index (χ4n) is 11.7. The van der Waals surface area contributed by atoms with Crippen molar-refractivity contribution in [2.75, 3.05) is 13.2 Å². The maximum absolute atomic E-state index is 13.8. The van der Waals surface area contributed by atoms with Crippen molar-refractivity contribution in [3.05, 3.63) is 0 Å². The number of hydrogen-bond acceptors (Lipinski definition) is 15. The lowest BCUT2D eigenvalue weighted by molar-refractivity contribution is -0.345. The molecule has 15 heteroatoms. The Morgan fingerprint density at radius 3 is 2.23 bits per heavy atom. The molecule has 7 rings (SSSR count). The van der Waals surface area contributed by atoms with Crippen LogP contribution in [0.5, 0.6) is 0 Å². The summed E-state index contributed by atoms with van der Waals surface area (Å²) in [6.45, 7) is 7.19. The second-order valence-electron chi connectivity index (χ2n) is 16.4. The Labute approximate surface area is 278 Å². The average molecular weight is 689 g/mol. The Morgan fingerprint density at radius 2 is 1.56 bits per heavy atom. The van der Waals surface area contributed by atoms with Crippen LogP contribution in [-0.4, -0.2) is 155 Å². The molecule has 1 spiro atoms. The van der Waals surface area contributed by atoms with Gasteiger partial charge in [-0.25, -0.2) is 0 Å². The van der Waals surface area contributed by atoms with Gasteiger partial charge in [0.25, 0.3) is 0 Å². The molecule has 7 aliphatic rings. The zero-order valence-electron chi connectivity index (χ0n) is 27.6. The van der Waals surface area contributed by atoms with Crippen molar-refractivity contribution in [2.45, 2.75) is 138 Å². The molecular formula is C33H52O15. The first-order valence-corrected chi connectivity index (χ1v) is 17.4. The van der Waals surface area contributed by atoms with E-state index in [4.69, 9.17) is 18.9 Å². The Morgan fingerprint density at radius 1 is 0.896 bits per heavy atom. The van der Waals surface area contributed by atoms with Crippen LogP contribution in [0.15, 0.2) is 0 Å². The Kier molecular flexibility index (Phi) is 8.55. The van der Waals surface area contributed by atoms with Crippen molar-refractivity contribution >= 4 is 5.78 Å². The van der Waals surface area contributed by atoms with Gasteiger partial charge >= 0.3 is 0 Å². The van der Waals surface area contributed by atoms with Crippen molar-refractivity contribution in [1.29, 1.82) is 0 Å². The van der Waals surface area contributed by atoms with Crippen molar-refractivity contribution < 1.29 is 74.8 Å². The number of carbonyl (C=O) groups is 1. The van der Waals surface area contributed by atoms with Crippen LogP contribution in [0, 0.1) is 46.3 Å². The smallest absolute Gasteiger partial charge is 0.196 e. The van der Waals surface area contributed by atoms with E-state index in [1.54, 1.807) is 0 Å². The summed E-state index contributed by atoms with van der Waals surface area (Å²) in [6.07, 6.45) is -15.7. The summed E-state index contributed by atoms with van der Waals surface area (Å²) in [5, 5.41) is 107. The highest BCUT2D eigenvalue weighted by Crippen LogP contribution is 2.71. The second-order valence-corrected chi connectivity index (χ2v) is 16.4. The molecule has 4 saturated carbocycles. The van der Waals surface area contributed by atoms with Crippen LogP contribution in [0.2, 0.25) is 0 Å². The molecule has 0 aromatic heterocycles. The van der Waals surface area contributed by atoms with Crippen LogP contribution in [0.3, 0.4) is 0 Å².